The Bertz CT molecular complexity index is 602. The number of aromatic nitrogens is 2. The molecule has 0 amide bonds. The summed E-state index contributed by atoms with van der Waals surface area (Å²) in [6.45, 7) is 0. The molecular weight excluding hydrogens is 288 g/mol. The summed E-state index contributed by atoms with van der Waals surface area (Å²) < 4.78 is 2.54. The van der Waals surface area contributed by atoms with Crippen LogP contribution in [-0.4, -0.2) is 9.78 Å². The standard InChI is InChI=1S/C11H9BrN2OS/c12-8-3-1-2-4-10(8)14-11(15)7-5-16-6-9(7)13-14/h1-4,13H,5-6H2. The van der Waals surface area contributed by atoms with Crippen LogP contribution in [0.3, 0.4) is 0 Å². The summed E-state index contributed by atoms with van der Waals surface area (Å²) in [5.74, 6) is 1.73. The van der Waals surface area contributed by atoms with Crippen LogP contribution >= 0.6 is 27.7 Å². The zero-order chi connectivity index (χ0) is 11.1. The number of hydrogen-bond acceptors (Lipinski definition) is 2. The number of nitrogens with one attached hydrogen (secondary N) is 1. The zero-order valence-electron chi connectivity index (χ0n) is 8.37. The molecule has 0 saturated heterocycles. The molecule has 0 radical (unpaired) electrons. The van der Waals surface area contributed by atoms with E-state index in [4.69, 9.17) is 0 Å². The minimum atomic E-state index is 0.0758. The average Bonchev–Trinajstić information content (AvgIpc) is 2.83. The first-order valence-electron chi connectivity index (χ1n) is 4.93. The van der Waals surface area contributed by atoms with Gasteiger partial charge in [0.1, 0.15) is 0 Å². The fraction of sp³-hybridized carbons (Fsp3) is 0.182. The Labute approximate surface area is 105 Å². The Morgan fingerprint density at radius 2 is 2.12 bits per heavy atom. The molecule has 0 spiro atoms. The topological polar surface area (TPSA) is 37.8 Å². The lowest BCUT2D eigenvalue weighted by Crippen LogP contribution is -2.17. The van der Waals surface area contributed by atoms with Crippen molar-refractivity contribution >= 4 is 27.7 Å². The third kappa shape index (κ3) is 1.46. The second-order valence-electron chi connectivity index (χ2n) is 3.65. The molecule has 2 heterocycles. The molecule has 1 aliphatic rings. The number of aromatic amines is 1. The van der Waals surface area contributed by atoms with Gasteiger partial charge in [-0.15, -0.1) is 0 Å². The van der Waals surface area contributed by atoms with Crippen LogP contribution < -0.4 is 5.56 Å². The van der Waals surface area contributed by atoms with Crippen molar-refractivity contribution in [1.82, 2.24) is 9.78 Å². The number of hydrogen-bond donors (Lipinski definition) is 1. The van der Waals surface area contributed by atoms with Gasteiger partial charge in [-0.2, -0.15) is 11.8 Å². The number of thioether (sulfide) groups is 1. The maximum absolute atomic E-state index is 12.1. The zero-order valence-corrected chi connectivity index (χ0v) is 10.8. The Kier molecular flexibility index (Phi) is 2.44. The molecule has 1 aromatic heterocycles. The molecule has 2 aromatic rings. The van der Waals surface area contributed by atoms with E-state index in [9.17, 15) is 4.79 Å². The first-order valence-corrected chi connectivity index (χ1v) is 6.87. The summed E-state index contributed by atoms with van der Waals surface area (Å²) in [4.78, 5) is 12.1. The predicted octanol–water partition coefficient (Wildman–Crippen LogP) is 2.67. The molecule has 82 valence electrons. The summed E-state index contributed by atoms with van der Waals surface area (Å²) in [5, 5.41) is 3.17. The largest absolute Gasteiger partial charge is 0.294 e. The van der Waals surface area contributed by atoms with Gasteiger partial charge in [0, 0.05) is 16.0 Å². The van der Waals surface area contributed by atoms with Crippen LogP contribution in [0, 0.1) is 0 Å². The van der Waals surface area contributed by atoms with Gasteiger partial charge < -0.3 is 0 Å². The molecule has 0 aliphatic carbocycles. The van der Waals surface area contributed by atoms with E-state index < -0.39 is 0 Å². The highest BCUT2D eigenvalue weighted by Crippen LogP contribution is 2.27. The van der Waals surface area contributed by atoms with Crippen LogP contribution in [0.4, 0.5) is 0 Å². The number of para-hydroxylation sites is 1. The molecule has 0 atom stereocenters. The van der Waals surface area contributed by atoms with Crippen molar-refractivity contribution in [2.24, 2.45) is 0 Å². The minimum Gasteiger partial charge on any atom is -0.294 e. The maximum Gasteiger partial charge on any atom is 0.275 e. The van der Waals surface area contributed by atoms with Crippen LogP contribution in [0.2, 0.25) is 0 Å². The smallest absolute Gasteiger partial charge is 0.275 e. The second-order valence-corrected chi connectivity index (χ2v) is 5.49. The van der Waals surface area contributed by atoms with Gasteiger partial charge in [-0.1, -0.05) is 12.1 Å². The van der Waals surface area contributed by atoms with Crippen molar-refractivity contribution in [1.29, 1.82) is 0 Å². The normalized spacial score (nSPS) is 14.1. The molecule has 1 aliphatic heterocycles. The fourth-order valence-corrected chi connectivity index (χ4v) is 3.35. The van der Waals surface area contributed by atoms with Crippen molar-refractivity contribution in [2.45, 2.75) is 11.5 Å². The molecular formula is C11H9BrN2OS. The van der Waals surface area contributed by atoms with Crippen LogP contribution in [-0.2, 0) is 11.5 Å². The average molecular weight is 297 g/mol. The monoisotopic (exact) mass is 296 g/mol. The number of fused-ring (bicyclic) bond motifs is 1. The minimum absolute atomic E-state index is 0.0758. The molecule has 5 heteroatoms. The van der Waals surface area contributed by atoms with Crippen LogP contribution in [0.1, 0.15) is 11.3 Å². The van der Waals surface area contributed by atoms with E-state index in [2.05, 4.69) is 21.0 Å². The fourth-order valence-electron chi connectivity index (χ4n) is 1.84. The van der Waals surface area contributed by atoms with E-state index in [1.807, 2.05) is 24.3 Å². The van der Waals surface area contributed by atoms with Crippen LogP contribution in [0.5, 0.6) is 0 Å². The highest BCUT2D eigenvalue weighted by molar-refractivity contribution is 9.10. The number of rotatable bonds is 1. The van der Waals surface area contributed by atoms with Gasteiger partial charge >= 0.3 is 0 Å². The second kappa shape index (κ2) is 3.82. The molecule has 1 N–H and O–H groups in total. The van der Waals surface area contributed by atoms with Gasteiger partial charge in [0.05, 0.1) is 16.9 Å². The molecule has 3 nitrogen and oxygen atoms in total. The molecule has 3 rings (SSSR count). The maximum atomic E-state index is 12.1. The van der Waals surface area contributed by atoms with Crippen LogP contribution in [0.25, 0.3) is 5.69 Å². The van der Waals surface area contributed by atoms with E-state index in [1.54, 1.807) is 16.4 Å². The lowest BCUT2D eigenvalue weighted by atomic mass is 10.3. The first kappa shape index (κ1) is 10.2. The van der Waals surface area contributed by atoms with Crippen molar-refractivity contribution in [3.05, 3.63) is 50.3 Å². The van der Waals surface area contributed by atoms with E-state index in [-0.39, 0.29) is 5.56 Å². The van der Waals surface area contributed by atoms with E-state index in [0.717, 1.165) is 32.9 Å². The predicted molar refractivity (Wildman–Crippen MR) is 69.1 cm³/mol. The summed E-state index contributed by atoms with van der Waals surface area (Å²) in [6.07, 6.45) is 0. The quantitative estimate of drug-likeness (QED) is 0.879. The van der Waals surface area contributed by atoms with Crippen LogP contribution in [0.15, 0.2) is 33.5 Å². The van der Waals surface area contributed by atoms with Crippen molar-refractivity contribution in [2.75, 3.05) is 0 Å². The molecule has 16 heavy (non-hydrogen) atoms. The third-order valence-corrected chi connectivity index (χ3v) is 4.31. The van der Waals surface area contributed by atoms with Gasteiger partial charge in [-0.05, 0) is 28.1 Å². The lowest BCUT2D eigenvalue weighted by Gasteiger charge is -2.04. The van der Waals surface area contributed by atoms with Gasteiger partial charge in [-0.25, -0.2) is 4.68 Å². The van der Waals surface area contributed by atoms with E-state index in [0.29, 0.717) is 0 Å². The van der Waals surface area contributed by atoms with Crippen molar-refractivity contribution < 1.29 is 0 Å². The number of nitrogens with zero attached hydrogens (tertiary/aromatic N) is 1. The summed E-state index contributed by atoms with van der Waals surface area (Å²) in [6, 6.07) is 7.71. The van der Waals surface area contributed by atoms with E-state index >= 15 is 0 Å². The number of benzene rings is 1. The van der Waals surface area contributed by atoms with Crippen molar-refractivity contribution in [3.63, 3.8) is 0 Å². The SMILES string of the molecule is O=c1c2c([nH]n1-c1ccccc1Br)CSC2. The molecule has 1 aromatic carbocycles. The van der Waals surface area contributed by atoms with Crippen molar-refractivity contribution in [3.8, 4) is 5.69 Å². The Hall–Kier alpha value is -0.940. The summed E-state index contributed by atoms with van der Waals surface area (Å²) in [7, 11) is 0. The number of H-pyrrole nitrogens is 1. The third-order valence-electron chi connectivity index (χ3n) is 2.66. The molecule has 0 fully saturated rings. The summed E-state index contributed by atoms with van der Waals surface area (Å²) >= 11 is 5.23. The van der Waals surface area contributed by atoms with Gasteiger partial charge in [0.2, 0.25) is 0 Å². The van der Waals surface area contributed by atoms with Gasteiger partial charge in [0.25, 0.3) is 5.56 Å². The summed E-state index contributed by atoms with van der Waals surface area (Å²) in [5.41, 5.74) is 2.92. The molecule has 0 bridgehead atoms. The highest BCUT2D eigenvalue weighted by Gasteiger charge is 2.20. The molecule has 0 unspecified atom stereocenters. The lowest BCUT2D eigenvalue weighted by molar-refractivity contribution is 0.828. The number of halogens is 1. The Morgan fingerprint density at radius 3 is 2.88 bits per heavy atom. The highest BCUT2D eigenvalue weighted by atomic mass is 79.9. The first-order chi connectivity index (χ1) is 7.77. The molecule has 0 saturated carbocycles. The Balaban J connectivity index is 2.22. The van der Waals surface area contributed by atoms with Gasteiger partial charge in [0.15, 0.2) is 0 Å². The van der Waals surface area contributed by atoms with E-state index in [1.165, 1.54) is 0 Å². The van der Waals surface area contributed by atoms with Gasteiger partial charge in [-0.3, -0.25) is 9.89 Å². The Morgan fingerprint density at radius 1 is 1.31 bits per heavy atom.